The number of anilines is 1. The predicted molar refractivity (Wildman–Crippen MR) is 50.5 cm³/mol. The Kier molecular flexibility index (Phi) is 1.22. The molecule has 68 valence electrons. The number of benzene rings is 1. The second-order valence-electron chi connectivity index (χ2n) is 2.92. The third kappa shape index (κ3) is 0.792. The standard InChI is InChI=1S/C8H6N6/c9-7-5-3-1-2-4-6(5)8-10-12-13-14(8)11-7/h1-4H,(H2,9,11). The topological polar surface area (TPSA) is 82.0 Å². The van der Waals surface area contributed by atoms with Crippen LogP contribution in [0.3, 0.4) is 0 Å². The van der Waals surface area contributed by atoms with Gasteiger partial charge in [-0.15, -0.1) is 14.8 Å². The zero-order valence-electron chi connectivity index (χ0n) is 7.12. The maximum Gasteiger partial charge on any atom is 0.207 e. The van der Waals surface area contributed by atoms with Crippen molar-refractivity contribution in [1.82, 2.24) is 25.3 Å². The van der Waals surface area contributed by atoms with Crippen LogP contribution in [0.25, 0.3) is 16.4 Å². The van der Waals surface area contributed by atoms with Crippen molar-refractivity contribution >= 4 is 22.2 Å². The van der Waals surface area contributed by atoms with E-state index in [-0.39, 0.29) is 0 Å². The van der Waals surface area contributed by atoms with Gasteiger partial charge in [0.1, 0.15) is 0 Å². The van der Waals surface area contributed by atoms with Crippen LogP contribution < -0.4 is 5.73 Å². The Balaban J connectivity index is 2.67. The van der Waals surface area contributed by atoms with E-state index in [4.69, 9.17) is 5.73 Å². The smallest absolute Gasteiger partial charge is 0.207 e. The summed E-state index contributed by atoms with van der Waals surface area (Å²) in [4.78, 5) is 0. The van der Waals surface area contributed by atoms with Crippen molar-refractivity contribution in [3.63, 3.8) is 0 Å². The van der Waals surface area contributed by atoms with E-state index < -0.39 is 0 Å². The maximum atomic E-state index is 5.75. The van der Waals surface area contributed by atoms with E-state index >= 15 is 0 Å². The summed E-state index contributed by atoms with van der Waals surface area (Å²) < 4.78 is 1.33. The molecule has 0 atom stereocenters. The molecule has 0 aliphatic heterocycles. The summed E-state index contributed by atoms with van der Waals surface area (Å²) >= 11 is 0. The number of hydrogen-bond acceptors (Lipinski definition) is 5. The van der Waals surface area contributed by atoms with Crippen LogP contribution in [-0.2, 0) is 0 Å². The predicted octanol–water partition coefficient (Wildman–Crippen LogP) is 0.255. The average Bonchev–Trinajstić information content (AvgIpc) is 2.66. The third-order valence-corrected chi connectivity index (χ3v) is 2.10. The molecule has 0 radical (unpaired) electrons. The van der Waals surface area contributed by atoms with Gasteiger partial charge in [-0.2, -0.15) is 0 Å². The van der Waals surface area contributed by atoms with Crippen molar-refractivity contribution in [3.8, 4) is 0 Å². The number of nitrogen functional groups attached to an aromatic ring is 1. The fraction of sp³-hybridized carbons (Fsp3) is 0. The third-order valence-electron chi connectivity index (χ3n) is 2.10. The molecule has 0 saturated carbocycles. The van der Waals surface area contributed by atoms with Crippen molar-refractivity contribution in [2.45, 2.75) is 0 Å². The van der Waals surface area contributed by atoms with Gasteiger partial charge in [0.15, 0.2) is 5.82 Å². The van der Waals surface area contributed by atoms with Crippen LogP contribution in [0.5, 0.6) is 0 Å². The van der Waals surface area contributed by atoms with Gasteiger partial charge in [0.25, 0.3) is 0 Å². The van der Waals surface area contributed by atoms with Gasteiger partial charge in [-0.1, -0.05) is 24.3 Å². The lowest BCUT2D eigenvalue weighted by molar-refractivity contribution is 0.740. The van der Waals surface area contributed by atoms with Crippen molar-refractivity contribution in [3.05, 3.63) is 24.3 Å². The molecule has 3 aromatic rings. The lowest BCUT2D eigenvalue weighted by atomic mass is 10.2. The van der Waals surface area contributed by atoms with Gasteiger partial charge in [-0.3, -0.25) is 0 Å². The van der Waals surface area contributed by atoms with Crippen LogP contribution in [0.1, 0.15) is 0 Å². The van der Waals surface area contributed by atoms with E-state index in [1.807, 2.05) is 24.3 Å². The molecule has 0 aliphatic rings. The van der Waals surface area contributed by atoms with Crippen LogP contribution in [0.4, 0.5) is 5.82 Å². The van der Waals surface area contributed by atoms with Crippen molar-refractivity contribution < 1.29 is 0 Å². The Bertz CT molecular complexity index is 613. The van der Waals surface area contributed by atoms with Gasteiger partial charge in [-0.05, 0) is 10.4 Å². The first kappa shape index (κ1) is 7.19. The molecule has 1 aromatic carbocycles. The molecule has 0 aliphatic carbocycles. The summed E-state index contributed by atoms with van der Waals surface area (Å²) in [7, 11) is 0. The molecule has 2 heterocycles. The van der Waals surface area contributed by atoms with E-state index in [9.17, 15) is 0 Å². The molecule has 2 aromatic heterocycles. The summed E-state index contributed by atoms with van der Waals surface area (Å²) in [6, 6.07) is 7.63. The molecular formula is C8H6N6. The van der Waals surface area contributed by atoms with E-state index in [1.54, 1.807) is 0 Å². The largest absolute Gasteiger partial charge is 0.382 e. The van der Waals surface area contributed by atoms with Crippen LogP contribution in [0, 0.1) is 0 Å². The number of fused-ring (bicyclic) bond motifs is 3. The Labute approximate surface area is 78.3 Å². The fourth-order valence-electron chi connectivity index (χ4n) is 1.47. The molecule has 0 unspecified atom stereocenters. The minimum absolute atomic E-state index is 0.431. The van der Waals surface area contributed by atoms with Crippen LogP contribution >= 0.6 is 0 Å². The summed E-state index contributed by atoms with van der Waals surface area (Å²) in [5.74, 6) is 0.431. The van der Waals surface area contributed by atoms with Gasteiger partial charge in [-0.25, -0.2) is 0 Å². The molecule has 0 bridgehead atoms. The highest BCUT2D eigenvalue weighted by molar-refractivity contribution is 5.98. The lowest BCUT2D eigenvalue weighted by Crippen LogP contribution is -2.01. The number of nitrogens with two attached hydrogens (primary N) is 1. The van der Waals surface area contributed by atoms with Crippen molar-refractivity contribution in [2.24, 2.45) is 0 Å². The minimum Gasteiger partial charge on any atom is -0.382 e. The van der Waals surface area contributed by atoms with Crippen molar-refractivity contribution in [2.75, 3.05) is 5.73 Å². The number of rotatable bonds is 0. The lowest BCUT2D eigenvalue weighted by Gasteiger charge is -2.00. The quantitative estimate of drug-likeness (QED) is 0.544. The van der Waals surface area contributed by atoms with Gasteiger partial charge < -0.3 is 5.73 Å². The van der Waals surface area contributed by atoms with Gasteiger partial charge >= 0.3 is 0 Å². The molecular weight excluding hydrogens is 180 g/mol. The van der Waals surface area contributed by atoms with Gasteiger partial charge in [0, 0.05) is 10.8 Å². The Morgan fingerprint density at radius 1 is 1.14 bits per heavy atom. The van der Waals surface area contributed by atoms with E-state index in [2.05, 4.69) is 20.6 Å². The van der Waals surface area contributed by atoms with E-state index in [0.717, 1.165) is 10.8 Å². The fourth-order valence-corrected chi connectivity index (χ4v) is 1.47. The first-order valence-corrected chi connectivity index (χ1v) is 4.09. The second-order valence-corrected chi connectivity index (χ2v) is 2.92. The molecule has 0 saturated heterocycles. The molecule has 0 amide bonds. The Morgan fingerprint density at radius 2 is 1.93 bits per heavy atom. The minimum atomic E-state index is 0.431. The van der Waals surface area contributed by atoms with Crippen LogP contribution in [-0.4, -0.2) is 25.3 Å². The summed E-state index contributed by atoms with van der Waals surface area (Å²) in [5.41, 5.74) is 6.37. The highest BCUT2D eigenvalue weighted by Gasteiger charge is 2.07. The molecule has 6 nitrogen and oxygen atoms in total. The van der Waals surface area contributed by atoms with Crippen molar-refractivity contribution in [1.29, 1.82) is 0 Å². The molecule has 0 spiro atoms. The zero-order chi connectivity index (χ0) is 9.54. The van der Waals surface area contributed by atoms with Crippen LogP contribution in [0.2, 0.25) is 0 Å². The first-order chi connectivity index (χ1) is 6.86. The molecule has 14 heavy (non-hydrogen) atoms. The van der Waals surface area contributed by atoms with E-state index in [0.29, 0.717) is 11.5 Å². The summed E-state index contributed by atoms with van der Waals surface area (Å²) in [6.45, 7) is 0. The number of nitrogens with zero attached hydrogens (tertiary/aromatic N) is 5. The Hall–Kier alpha value is -2.24. The molecule has 3 rings (SSSR count). The zero-order valence-corrected chi connectivity index (χ0v) is 7.12. The SMILES string of the molecule is Nc1nn2nnnc2c2ccccc12. The summed E-state index contributed by atoms with van der Waals surface area (Å²) in [6.07, 6.45) is 0. The number of aromatic nitrogens is 5. The second kappa shape index (κ2) is 2.38. The Morgan fingerprint density at radius 3 is 2.79 bits per heavy atom. The highest BCUT2D eigenvalue weighted by atomic mass is 15.6. The number of hydrogen-bond donors (Lipinski definition) is 1. The molecule has 2 N–H and O–H groups in total. The average molecular weight is 186 g/mol. The molecule has 6 heteroatoms. The molecule has 0 fully saturated rings. The highest BCUT2D eigenvalue weighted by Crippen LogP contribution is 2.20. The normalized spacial score (nSPS) is 11.1. The van der Waals surface area contributed by atoms with Gasteiger partial charge in [0.05, 0.1) is 0 Å². The van der Waals surface area contributed by atoms with Crippen LogP contribution in [0.15, 0.2) is 24.3 Å². The monoisotopic (exact) mass is 186 g/mol. The van der Waals surface area contributed by atoms with Gasteiger partial charge in [0.2, 0.25) is 5.65 Å². The van der Waals surface area contributed by atoms with E-state index in [1.165, 1.54) is 4.63 Å². The first-order valence-electron chi connectivity index (χ1n) is 4.09. The summed E-state index contributed by atoms with van der Waals surface area (Å²) in [5, 5.41) is 16.9. The maximum absolute atomic E-state index is 5.75. The number of tetrazole rings is 1.